The topological polar surface area (TPSA) is 60.2 Å². The molecule has 1 atom stereocenters. The smallest absolute Gasteiger partial charge is 0.228 e. The van der Waals surface area contributed by atoms with Crippen LogP contribution in [0.25, 0.3) is 0 Å². The van der Waals surface area contributed by atoms with Gasteiger partial charge in [-0.25, -0.2) is 0 Å². The van der Waals surface area contributed by atoms with Crippen LogP contribution in [0.15, 0.2) is 30.6 Å². The van der Waals surface area contributed by atoms with Crippen LogP contribution in [0.3, 0.4) is 0 Å². The van der Waals surface area contributed by atoms with E-state index >= 15 is 0 Å². The highest BCUT2D eigenvalue weighted by Gasteiger charge is 2.31. The Balaban J connectivity index is 1.78. The molecule has 0 aliphatic carbocycles. The van der Waals surface area contributed by atoms with Crippen LogP contribution >= 0.6 is 0 Å². The molecule has 3 rings (SSSR count). The number of carbonyl (C=O) groups is 1. The lowest BCUT2D eigenvalue weighted by Gasteiger charge is -2.33. The monoisotopic (exact) mass is 328 g/mol. The summed E-state index contributed by atoms with van der Waals surface area (Å²) in [4.78, 5) is 18.9. The second-order valence-corrected chi connectivity index (χ2v) is 5.99. The minimum Gasteiger partial charge on any atom is -0.381 e. The summed E-state index contributed by atoms with van der Waals surface area (Å²) in [6, 6.07) is 5.66. The predicted octanol–water partition coefficient (Wildman–Crippen LogP) is 2.00. The fraction of sp³-hybridized carbons (Fsp3) is 0.500. The van der Waals surface area contributed by atoms with Crippen molar-refractivity contribution in [2.24, 2.45) is 0 Å². The second-order valence-electron chi connectivity index (χ2n) is 5.99. The Labute approximate surface area is 142 Å². The number of ether oxygens (including phenoxy) is 1. The second kappa shape index (κ2) is 7.57. The van der Waals surface area contributed by atoms with Crippen molar-refractivity contribution >= 4 is 5.91 Å². The molecule has 0 unspecified atom stereocenters. The Kier molecular flexibility index (Phi) is 5.25. The molecule has 24 heavy (non-hydrogen) atoms. The highest BCUT2D eigenvalue weighted by atomic mass is 16.5. The van der Waals surface area contributed by atoms with Crippen molar-refractivity contribution in [2.45, 2.75) is 39.3 Å². The van der Waals surface area contributed by atoms with Crippen LogP contribution in [-0.2, 0) is 29.0 Å². The van der Waals surface area contributed by atoms with E-state index in [4.69, 9.17) is 4.74 Å². The van der Waals surface area contributed by atoms with Gasteiger partial charge in [0.2, 0.25) is 5.91 Å². The zero-order valence-corrected chi connectivity index (χ0v) is 14.3. The third-order valence-electron chi connectivity index (χ3n) is 4.44. The van der Waals surface area contributed by atoms with E-state index in [1.54, 1.807) is 6.20 Å². The summed E-state index contributed by atoms with van der Waals surface area (Å²) >= 11 is 0. The van der Waals surface area contributed by atoms with Gasteiger partial charge in [-0.05, 0) is 26.0 Å². The van der Waals surface area contributed by atoms with Gasteiger partial charge in [0.05, 0.1) is 31.5 Å². The van der Waals surface area contributed by atoms with Crippen molar-refractivity contribution in [3.63, 3.8) is 0 Å². The molecule has 0 N–H and O–H groups in total. The Hall–Kier alpha value is -2.21. The zero-order valence-electron chi connectivity index (χ0n) is 14.3. The minimum absolute atomic E-state index is 0.102. The molecule has 3 heterocycles. The van der Waals surface area contributed by atoms with Gasteiger partial charge in [-0.15, -0.1) is 0 Å². The van der Waals surface area contributed by atoms with Gasteiger partial charge in [0.25, 0.3) is 0 Å². The molecule has 2 aromatic rings. The van der Waals surface area contributed by atoms with Crippen LogP contribution in [0.1, 0.15) is 36.7 Å². The standard InChI is InChI=1S/C18H24N4O2/c1-3-22-17-12-21(18(23)9-15-7-5-6-8-19-15)11-14(13-24-4-2)16(17)10-20-22/h5-8,10,14H,3-4,9,11-13H2,1-2H3/t14-/m1/s1. The maximum atomic E-state index is 12.7. The number of aryl methyl sites for hydroxylation is 1. The van der Waals surface area contributed by atoms with E-state index in [0.29, 0.717) is 32.7 Å². The van der Waals surface area contributed by atoms with E-state index in [1.165, 1.54) is 5.56 Å². The van der Waals surface area contributed by atoms with Crippen LogP contribution in [-0.4, -0.2) is 45.3 Å². The van der Waals surface area contributed by atoms with Gasteiger partial charge in [0, 0.05) is 43.1 Å². The zero-order chi connectivity index (χ0) is 16.9. The molecule has 0 bridgehead atoms. The first-order chi connectivity index (χ1) is 11.7. The normalized spacial score (nSPS) is 16.9. The number of hydrogen-bond acceptors (Lipinski definition) is 4. The molecule has 6 nitrogen and oxygen atoms in total. The van der Waals surface area contributed by atoms with Crippen molar-refractivity contribution in [1.82, 2.24) is 19.7 Å². The molecule has 0 fully saturated rings. The molecule has 128 valence electrons. The molecule has 1 aliphatic rings. The molecule has 0 spiro atoms. The highest BCUT2D eigenvalue weighted by Crippen LogP contribution is 2.29. The predicted molar refractivity (Wildman–Crippen MR) is 90.5 cm³/mol. The minimum atomic E-state index is 0.102. The molecule has 1 amide bonds. The van der Waals surface area contributed by atoms with Gasteiger partial charge >= 0.3 is 0 Å². The summed E-state index contributed by atoms with van der Waals surface area (Å²) in [5.41, 5.74) is 3.15. The summed E-state index contributed by atoms with van der Waals surface area (Å²) in [5.74, 6) is 0.284. The maximum absolute atomic E-state index is 12.7. The summed E-state index contributed by atoms with van der Waals surface area (Å²) in [6.45, 7) is 7.44. The van der Waals surface area contributed by atoms with Crippen LogP contribution in [0.5, 0.6) is 0 Å². The highest BCUT2D eigenvalue weighted by molar-refractivity contribution is 5.78. The van der Waals surface area contributed by atoms with Gasteiger partial charge in [-0.3, -0.25) is 14.5 Å². The van der Waals surface area contributed by atoms with E-state index in [-0.39, 0.29) is 11.8 Å². The summed E-state index contributed by atoms with van der Waals surface area (Å²) < 4.78 is 7.61. The molecular weight excluding hydrogens is 304 g/mol. The quantitative estimate of drug-likeness (QED) is 0.814. The number of nitrogens with zero attached hydrogens (tertiary/aromatic N) is 4. The summed E-state index contributed by atoms with van der Waals surface area (Å²) in [6.07, 6.45) is 3.99. The Bertz CT molecular complexity index is 684. The molecular formula is C18H24N4O2. The number of fused-ring (bicyclic) bond motifs is 1. The number of rotatable bonds is 6. The third kappa shape index (κ3) is 3.48. The van der Waals surface area contributed by atoms with Crippen molar-refractivity contribution in [1.29, 1.82) is 0 Å². The lowest BCUT2D eigenvalue weighted by molar-refractivity contribution is -0.132. The largest absolute Gasteiger partial charge is 0.381 e. The molecule has 0 saturated carbocycles. The average molecular weight is 328 g/mol. The lowest BCUT2D eigenvalue weighted by atomic mass is 9.95. The van der Waals surface area contributed by atoms with E-state index in [0.717, 1.165) is 17.9 Å². The summed E-state index contributed by atoms with van der Waals surface area (Å²) in [7, 11) is 0. The molecule has 6 heteroatoms. The van der Waals surface area contributed by atoms with Crippen molar-refractivity contribution < 1.29 is 9.53 Å². The molecule has 2 aromatic heterocycles. The van der Waals surface area contributed by atoms with E-state index in [1.807, 2.05) is 40.9 Å². The Morgan fingerprint density at radius 1 is 1.38 bits per heavy atom. The average Bonchev–Trinajstić information content (AvgIpc) is 3.03. The lowest BCUT2D eigenvalue weighted by Crippen LogP contribution is -2.41. The first-order valence-corrected chi connectivity index (χ1v) is 8.52. The number of carbonyl (C=O) groups excluding carboxylic acids is 1. The fourth-order valence-corrected chi connectivity index (χ4v) is 3.18. The van der Waals surface area contributed by atoms with Crippen molar-refractivity contribution in [3.05, 3.63) is 47.5 Å². The Morgan fingerprint density at radius 2 is 2.25 bits per heavy atom. The summed E-state index contributed by atoms with van der Waals surface area (Å²) in [5, 5.41) is 4.46. The first kappa shape index (κ1) is 16.6. The van der Waals surface area contributed by atoms with E-state index < -0.39 is 0 Å². The number of pyridine rings is 1. The van der Waals surface area contributed by atoms with Crippen LogP contribution in [0, 0.1) is 0 Å². The molecule has 0 saturated heterocycles. The Morgan fingerprint density at radius 3 is 2.96 bits per heavy atom. The molecule has 0 radical (unpaired) electrons. The van der Waals surface area contributed by atoms with Gasteiger partial charge in [0.1, 0.15) is 0 Å². The van der Waals surface area contributed by atoms with E-state index in [2.05, 4.69) is 17.0 Å². The van der Waals surface area contributed by atoms with Gasteiger partial charge < -0.3 is 9.64 Å². The number of amides is 1. The van der Waals surface area contributed by atoms with Crippen LogP contribution < -0.4 is 0 Å². The number of hydrogen-bond donors (Lipinski definition) is 0. The third-order valence-corrected chi connectivity index (χ3v) is 4.44. The SMILES string of the molecule is CCOC[C@H]1CN(C(=O)Cc2ccccn2)Cc2c1cnn2CC. The van der Waals surface area contributed by atoms with Gasteiger partial charge in [-0.1, -0.05) is 6.07 Å². The van der Waals surface area contributed by atoms with Crippen LogP contribution in [0.4, 0.5) is 0 Å². The van der Waals surface area contributed by atoms with Gasteiger partial charge in [0.15, 0.2) is 0 Å². The number of aromatic nitrogens is 3. The first-order valence-electron chi connectivity index (χ1n) is 8.52. The molecule has 0 aromatic carbocycles. The van der Waals surface area contributed by atoms with Crippen molar-refractivity contribution in [3.8, 4) is 0 Å². The maximum Gasteiger partial charge on any atom is 0.228 e. The van der Waals surface area contributed by atoms with E-state index in [9.17, 15) is 4.79 Å². The van der Waals surface area contributed by atoms with Gasteiger partial charge in [-0.2, -0.15) is 5.10 Å². The molecule has 1 aliphatic heterocycles. The fourth-order valence-electron chi connectivity index (χ4n) is 3.18. The van der Waals surface area contributed by atoms with Crippen LogP contribution in [0.2, 0.25) is 0 Å². The van der Waals surface area contributed by atoms with Crippen molar-refractivity contribution in [2.75, 3.05) is 19.8 Å².